The fourth-order valence-corrected chi connectivity index (χ4v) is 5.20. The zero-order chi connectivity index (χ0) is 31.5. The van der Waals surface area contributed by atoms with Crippen LogP contribution in [0.3, 0.4) is 0 Å². The molecule has 0 atom stereocenters. The summed E-state index contributed by atoms with van der Waals surface area (Å²) >= 11 is 0. The predicted molar refractivity (Wildman–Crippen MR) is 163 cm³/mol. The molecule has 0 spiro atoms. The van der Waals surface area contributed by atoms with Crippen LogP contribution in [0.1, 0.15) is 11.1 Å². The highest BCUT2D eigenvalue weighted by Gasteiger charge is 2.18. The molecule has 0 aromatic heterocycles. The van der Waals surface area contributed by atoms with Gasteiger partial charge in [0.1, 0.15) is 17.8 Å². The minimum Gasteiger partial charge on any atom is -0.478 e. The maximum Gasteiger partial charge on any atom is 0.328 e. The minimum absolute atomic E-state index is 0.106. The number of amides is 2. The molecule has 0 aliphatic heterocycles. The van der Waals surface area contributed by atoms with Crippen LogP contribution < -0.4 is 15.4 Å². The molecule has 2 amide bonds. The molecule has 222 valence electrons. The third-order valence-electron chi connectivity index (χ3n) is 6.06. The molecule has 0 saturated heterocycles. The van der Waals surface area contributed by atoms with Crippen LogP contribution >= 0.6 is 0 Å². The van der Waals surface area contributed by atoms with Gasteiger partial charge in [0.25, 0.3) is 0 Å². The van der Waals surface area contributed by atoms with Gasteiger partial charge in [0, 0.05) is 29.6 Å². The number of carboxylic acids is 1. The first-order valence-corrected chi connectivity index (χ1v) is 14.6. The number of ether oxygens (including phenoxy) is 1. The number of allylic oxidation sites excluding steroid dienone is 1. The van der Waals surface area contributed by atoms with E-state index in [1.807, 2.05) is 12.1 Å². The highest BCUT2D eigenvalue weighted by molar-refractivity contribution is 7.91. The topological polar surface area (TPSA) is 156 Å². The number of sulfone groups is 1. The van der Waals surface area contributed by atoms with Crippen LogP contribution in [-0.4, -0.2) is 37.6 Å². The van der Waals surface area contributed by atoms with E-state index in [1.165, 1.54) is 12.1 Å². The number of hydrogen-bond donors (Lipinski definition) is 3. The Balaban J connectivity index is 1.34. The normalized spacial score (nSPS) is 11.3. The molecule has 0 aliphatic rings. The summed E-state index contributed by atoms with van der Waals surface area (Å²) in [5.74, 6) is -1.31. The van der Waals surface area contributed by atoms with Gasteiger partial charge in [0.05, 0.1) is 9.79 Å². The summed E-state index contributed by atoms with van der Waals surface area (Å²) in [6.07, 6.45) is 4.93. The van der Waals surface area contributed by atoms with Crippen LogP contribution in [-0.2, 0) is 35.4 Å². The molecule has 4 aromatic carbocycles. The van der Waals surface area contributed by atoms with Crippen molar-refractivity contribution in [1.82, 2.24) is 0 Å². The summed E-state index contributed by atoms with van der Waals surface area (Å²) in [7, 11) is -3.78. The number of nitrogens with one attached hydrogen (secondary N) is 2. The molecule has 3 N–H and O–H groups in total. The molecule has 44 heavy (non-hydrogen) atoms. The van der Waals surface area contributed by atoms with Crippen molar-refractivity contribution < 1.29 is 37.4 Å². The van der Waals surface area contributed by atoms with E-state index in [4.69, 9.17) is 9.84 Å². The molecule has 0 bridgehead atoms. The second-order valence-corrected chi connectivity index (χ2v) is 11.2. The average Bonchev–Trinajstić information content (AvgIpc) is 3.01. The first-order valence-electron chi connectivity index (χ1n) is 13.1. The van der Waals surface area contributed by atoms with Gasteiger partial charge >= 0.3 is 5.97 Å². The van der Waals surface area contributed by atoms with E-state index in [0.717, 1.165) is 35.4 Å². The van der Waals surface area contributed by atoms with Gasteiger partial charge in [0.2, 0.25) is 21.7 Å². The fourth-order valence-electron chi connectivity index (χ4n) is 3.93. The lowest BCUT2D eigenvalue weighted by Crippen LogP contribution is -2.08. The zero-order valence-corrected chi connectivity index (χ0v) is 23.9. The van der Waals surface area contributed by atoms with Gasteiger partial charge in [-0.3, -0.25) is 14.4 Å². The molecular weight excluding hydrogens is 584 g/mol. The summed E-state index contributed by atoms with van der Waals surface area (Å²) < 4.78 is 32.2. The van der Waals surface area contributed by atoms with E-state index >= 15 is 0 Å². The second kappa shape index (κ2) is 14.4. The Bertz CT molecular complexity index is 1810. The van der Waals surface area contributed by atoms with Crippen LogP contribution in [0.2, 0.25) is 0 Å². The first-order chi connectivity index (χ1) is 21.1. The van der Waals surface area contributed by atoms with E-state index in [1.54, 1.807) is 72.8 Å². The van der Waals surface area contributed by atoms with Crippen molar-refractivity contribution >= 4 is 45.3 Å². The standard InChI is InChI=1S/C33H26N2O8S/c36-21-1-2-31(37)34-26-9-11-27(12-10-26)43-28-13-17-30(18-14-28)44(41,42)29-15-5-24(6-16-29)22-23-3-7-25(8-4-23)35-32(38)19-20-33(39)40/h1-21H,22H2,(H,34,37)(H,35,38)(H,39,40)/b2-1-,20-19-. The first kappa shape index (κ1) is 31.1. The lowest BCUT2D eigenvalue weighted by Gasteiger charge is -2.10. The number of aliphatic carboxylic acids is 1. The van der Waals surface area contributed by atoms with Crippen LogP contribution in [0.5, 0.6) is 11.5 Å². The summed E-state index contributed by atoms with van der Waals surface area (Å²) in [5, 5.41) is 13.8. The molecule has 4 aromatic rings. The van der Waals surface area contributed by atoms with Crippen LogP contribution in [0, 0.1) is 0 Å². The van der Waals surface area contributed by atoms with Crippen molar-refractivity contribution in [3.63, 3.8) is 0 Å². The summed E-state index contributed by atoms with van der Waals surface area (Å²) in [4.78, 5) is 44.5. The summed E-state index contributed by atoms with van der Waals surface area (Å²) in [6.45, 7) is 0. The number of carboxylic acid groups (broad SMARTS) is 1. The molecule has 0 heterocycles. The van der Waals surface area contributed by atoms with E-state index in [9.17, 15) is 27.6 Å². The molecule has 4 rings (SSSR count). The van der Waals surface area contributed by atoms with Crippen molar-refractivity contribution in [3.8, 4) is 11.5 Å². The maximum atomic E-state index is 13.2. The van der Waals surface area contributed by atoms with E-state index < -0.39 is 27.6 Å². The van der Waals surface area contributed by atoms with Gasteiger partial charge in [-0.1, -0.05) is 24.3 Å². The SMILES string of the molecule is O=C/C=C\C(=O)Nc1ccc(Oc2ccc(S(=O)(=O)c3ccc(Cc4ccc(NC(=O)/C=C\C(=O)O)cc4)cc3)cc2)cc1. The number of carbonyl (C=O) groups is 4. The van der Waals surface area contributed by atoms with E-state index in [0.29, 0.717) is 35.6 Å². The van der Waals surface area contributed by atoms with E-state index in [2.05, 4.69) is 10.6 Å². The Morgan fingerprint density at radius 2 is 1.07 bits per heavy atom. The van der Waals surface area contributed by atoms with Crippen LogP contribution in [0.15, 0.2) is 131 Å². The maximum absolute atomic E-state index is 13.2. The van der Waals surface area contributed by atoms with Crippen molar-refractivity contribution in [2.75, 3.05) is 10.6 Å². The van der Waals surface area contributed by atoms with Gasteiger partial charge in [-0.15, -0.1) is 0 Å². The lowest BCUT2D eigenvalue weighted by atomic mass is 10.0. The smallest absolute Gasteiger partial charge is 0.328 e. The lowest BCUT2D eigenvalue weighted by molar-refractivity contribution is -0.131. The molecule has 10 nitrogen and oxygen atoms in total. The average molecular weight is 611 g/mol. The minimum atomic E-state index is -3.78. The van der Waals surface area contributed by atoms with Crippen molar-refractivity contribution in [2.45, 2.75) is 16.2 Å². The Kier molecular flexibility index (Phi) is 10.2. The van der Waals surface area contributed by atoms with Crippen LogP contribution in [0.4, 0.5) is 11.4 Å². The third kappa shape index (κ3) is 8.84. The molecule has 0 unspecified atom stereocenters. The second-order valence-electron chi connectivity index (χ2n) is 9.26. The quantitative estimate of drug-likeness (QED) is 0.146. The molecule has 11 heteroatoms. The van der Waals surface area contributed by atoms with Gasteiger partial charge in [-0.05, 0) is 96.4 Å². The summed E-state index contributed by atoms with van der Waals surface area (Å²) in [6, 6.07) is 26.2. The van der Waals surface area contributed by atoms with Gasteiger partial charge in [0.15, 0.2) is 0 Å². The van der Waals surface area contributed by atoms with Crippen molar-refractivity contribution in [2.24, 2.45) is 0 Å². The number of benzene rings is 4. The molecule has 0 aliphatic carbocycles. The molecular formula is C33H26N2O8S. The highest BCUT2D eigenvalue weighted by atomic mass is 32.2. The largest absolute Gasteiger partial charge is 0.478 e. The van der Waals surface area contributed by atoms with E-state index in [-0.39, 0.29) is 9.79 Å². The third-order valence-corrected chi connectivity index (χ3v) is 7.84. The Labute approximate surface area is 253 Å². The zero-order valence-electron chi connectivity index (χ0n) is 23.0. The Morgan fingerprint density at radius 1 is 0.636 bits per heavy atom. The van der Waals surface area contributed by atoms with Gasteiger partial charge in [-0.2, -0.15) is 0 Å². The number of carbonyl (C=O) groups excluding carboxylic acids is 3. The van der Waals surface area contributed by atoms with Crippen molar-refractivity contribution in [1.29, 1.82) is 0 Å². The molecule has 0 saturated carbocycles. The van der Waals surface area contributed by atoms with Gasteiger partial charge in [-0.25, -0.2) is 13.2 Å². The fraction of sp³-hybridized carbons (Fsp3) is 0.0303. The Morgan fingerprint density at radius 3 is 1.57 bits per heavy atom. The number of hydrogen-bond acceptors (Lipinski definition) is 7. The molecule has 0 radical (unpaired) electrons. The monoisotopic (exact) mass is 610 g/mol. The predicted octanol–water partition coefficient (Wildman–Crippen LogP) is 5.18. The van der Waals surface area contributed by atoms with Gasteiger partial charge < -0.3 is 20.5 Å². The molecule has 0 fully saturated rings. The van der Waals surface area contributed by atoms with Crippen LogP contribution in [0.25, 0.3) is 0 Å². The number of anilines is 2. The number of rotatable bonds is 12. The highest BCUT2D eigenvalue weighted by Crippen LogP contribution is 2.27. The number of aldehydes is 1. The van der Waals surface area contributed by atoms with Crippen molar-refractivity contribution in [3.05, 3.63) is 132 Å². The summed E-state index contributed by atoms with van der Waals surface area (Å²) in [5.41, 5.74) is 2.84. The Hall–Kier alpha value is -5.81.